The summed E-state index contributed by atoms with van der Waals surface area (Å²) in [4.78, 5) is 24.0. The minimum Gasteiger partial charge on any atom is -0.342 e. The van der Waals surface area contributed by atoms with Gasteiger partial charge >= 0.3 is 0 Å². The molecule has 0 saturated heterocycles. The molecule has 0 aromatic heterocycles. The van der Waals surface area contributed by atoms with E-state index >= 15 is 0 Å². The Bertz CT molecular complexity index is 489. The number of alkyl halides is 1. The van der Waals surface area contributed by atoms with Crippen molar-refractivity contribution in [2.75, 3.05) is 13.6 Å². The largest absolute Gasteiger partial charge is 0.342 e. The van der Waals surface area contributed by atoms with Crippen LogP contribution in [0.4, 0.5) is 5.69 Å². The van der Waals surface area contributed by atoms with E-state index in [1.807, 2.05) is 6.92 Å². The van der Waals surface area contributed by atoms with E-state index in [-0.39, 0.29) is 17.0 Å². The number of nitrogens with zero attached hydrogens (tertiary/aromatic N) is 2. The zero-order valence-corrected chi connectivity index (χ0v) is 12.0. The highest BCUT2D eigenvalue weighted by Crippen LogP contribution is 2.20. The average Bonchev–Trinajstić information content (AvgIpc) is 2.35. The van der Waals surface area contributed by atoms with Gasteiger partial charge in [-0.3, -0.25) is 14.9 Å². The first-order valence-electron chi connectivity index (χ1n) is 5.97. The number of amides is 1. The number of hydrogen-bond acceptors (Lipinski definition) is 3. The predicted octanol–water partition coefficient (Wildman–Crippen LogP) is 2.99. The third-order valence-electron chi connectivity index (χ3n) is 2.86. The first-order chi connectivity index (χ1) is 8.82. The van der Waals surface area contributed by atoms with Crippen LogP contribution in [0.5, 0.6) is 0 Å². The van der Waals surface area contributed by atoms with E-state index in [9.17, 15) is 14.9 Å². The van der Waals surface area contributed by atoms with Crippen molar-refractivity contribution in [2.45, 2.75) is 25.6 Å². The Balaban J connectivity index is 2.88. The van der Waals surface area contributed by atoms with Gasteiger partial charge < -0.3 is 4.90 Å². The molecule has 19 heavy (non-hydrogen) atoms. The number of nitro benzene ring substituents is 1. The molecule has 104 valence electrons. The predicted molar refractivity (Wildman–Crippen MR) is 74.7 cm³/mol. The summed E-state index contributed by atoms with van der Waals surface area (Å²) in [7, 11) is 1.66. The van der Waals surface area contributed by atoms with Gasteiger partial charge in [-0.25, -0.2) is 0 Å². The molecule has 1 amide bonds. The van der Waals surface area contributed by atoms with Crippen molar-refractivity contribution < 1.29 is 9.72 Å². The molecule has 5 nitrogen and oxygen atoms in total. The highest BCUT2D eigenvalue weighted by atomic mass is 35.5. The molecule has 0 bridgehead atoms. The smallest absolute Gasteiger partial charge is 0.273 e. The third-order valence-corrected chi connectivity index (χ3v) is 3.08. The molecule has 0 aliphatic rings. The Morgan fingerprint density at radius 2 is 2.16 bits per heavy atom. The van der Waals surface area contributed by atoms with Gasteiger partial charge in [-0.15, -0.1) is 11.6 Å². The van der Waals surface area contributed by atoms with Crippen molar-refractivity contribution in [2.24, 2.45) is 0 Å². The van der Waals surface area contributed by atoms with Crippen LogP contribution in [0, 0.1) is 17.0 Å². The van der Waals surface area contributed by atoms with Crippen LogP contribution in [-0.2, 0) is 0 Å². The summed E-state index contributed by atoms with van der Waals surface area (Å²) in [5, 5.41) is 10.8. The van der Waals surface area contributed by atoms with Gasteiger partial charge in [0.15, 0.2) is 0 Å². The minimum absolute atomic E-state index is 0.0115. The number of carbonyl (C=O) groups excluding carboxylic acids is 1. The Hall–Kier alpha value is -1.62. The molecule has 1 aromatic rings. The number of aryl methyl sites for hydroxylation is 1. The SMILES string of the molecule is Cc1ccc(C(=O)N(C)CCC(C)Cl)cc1[N+](=O)[O-]. The van der Waals surface area contributed by atoms with E-state index in [0.29, 0.717) is 24.1 Å². The van der Waals surface area contributed by atoms with Crippen molar-refractivity contribution in [3.63, 3.8) is 0 Å². The molecule has 1 rings (SSSR count). The van der Waals surface area contributed by atoms with Gasteiger partial charge in [0.2, 0.25) is 0 Å². The molecular weight excluding hydrogens is 268 g/mol. The number of halogens is 1. The molecule has 1 aromatic carbocycles. The van der Waals surface area contributed by atoms with Crippen molar-refractivity contribution in [1.82, 2.24) is 4.90 Å². The maximum absolute atomic E-state index is 12.1. The summed E-state index contributed by atoms with van der Waals surface area (Å²) in [5.74, 6) is -0.236. The monoisotopic (exact) mass is 284 g/mol. The summed E-state index contributed by atoms with van der Waals surface area (Å²) in [5.41, 5.74) is 0.825. The third kappa shape index (κ3) is 4.21. The van der Waals surface area contributed by atoms with Crippen LogP contribution in [0.3, 0.4) is 0 Å². The van der Waals surface area contributed by atoms with E-state index < -0.39 is 4.92 Å². The summed E-state index contributed by atoms with van der Waals surface area (Å²) in [6.07, 6.45) is 0.678. The summed E-state index contributed by atoms with van der Waals surface area (Å²) < 4.78 is 0. The van der Waals surface area contributed by atoms with Crippen molar-refractivity contribution in [1.29, 1.82) is 0 Å². The average molecular weight is 285 g/mol. The Morgan fingerprint density at radius 3 is 2.68 bits per heavy atom. The van der Waals surface area contributed by atoms with Crippen LogP contribution in [0.25, 0.3) is 0 Å². The number of nitro groups is 1. The topological polar surface area (TPSA) is 63.5 Å². The fourth-order valence-corrected chi connectivity index (χ4v) is 1.73. The second-order valence-corrected chi connectivity index (χ2v) is 5.30. The first-order valence-corrected chi connectivity index (χ1v) is 6.41. The molecule has 1 unspecified atom stereocenters. The lowest BCUT2D eigenvalue weighted by molar-refractivity contribution is -0.385. The molecule has 1 atom stereocenters. The number of benzene rings is 1. The molecule has 0 spiro atoms. The van der Waals surface area contributed by atoms with Gasteiger partial charge in [-0.1, -0.05) is 6.07 Å². The van der Waals surface area contributed by atoms with Gasteiger partial charge in [0.25, 0.3) is 11.6 Å². The molecule has 0 heterocycles. The summed E-state index contributed by atoms with van der Waals surface area (Å²) >= 11 is 5.83. The molecular formula is C13H17ClN2O3. The lowest BCUT2D eigenvalue weighted by Gasteiger charge is -2.17. The quantitative estimate of drug-likeness (QED) is 0.474. The minimum atomic E-state index is -0.479. The van der Waals surface area contributed by atoms with E-state index in [4.69, 9.17) is 11.6 Å². The standard InChI is InChI=1S/C13H17ClN2O3/c1-9-4-5-11(8-12(9)16(18)19)13(17)15(3)7-6-10(2)14/h4-5,8,10H,6-7H2,1-3H3. The van der Waals surface area contributed by atoms with Crippen molar-refractivity contribution in [3.8, 4) is 0 Å². The molecule has 0 N–H and O–H groups in total. The van der Waals surface area contributed by atoms with Gasteiger partial charge in [-0.05, 0) is 26.3 Å². The van der Waals surface area contributed by atoms with Crippen LogP contribution < -0.4 is 0 Å². The fourth-order valence-electron chi connectivity index (χ4n) is 1.63. The number of hydrogen-bond donors (Lipinski definition) is 0. The first kappa shape index (κ1) is 15.4. The van der Waals surface area contributed by atoms with Gasteiger partial charge in [-0.2, -0.15) is 0 Å². The van der Waals surface area contributed by atoms with E-state index in [0.717, 1.165) is 0 Å². The van der Waals surface area contributed by atoms with Gasteiger partial charge in [0.05, 0.1) is 4.92 Å². The van der Waals surface area contributed by atoms with E-state index in [2.05, 4.69) is 0 Å². The zero-order chi connectivity index (χ0) is 14.6. The molecule has 0 aliphatic heterocycles. The van der Waals surface area contributed by atoms with Crippen LogP contribution >= 0.6 is 11.6 Å². The second kappa shape index (κ2) is 6.52. The normalized spacial score (nSPS) is 12.0. The van der Waals surface area contributed by atoms with E-state index in [1.54, 1.807) is 26.1 Å². The lowest BCUT2D eigenvalue weighted by Crippen LogP contribution is -2.28. The van der Waals surface area contributed by atoms with Crippen molar-refractivity contribution >= 4 is 23.2 Å². The maximum Gasteiger partial charge on any atom is 0.273 e. The van der Waals surface area contributed by atoms with Crippen molar-refractivity contribution in [3.05, 3.63) is 39.4 Å². The molecule has 0 saturated carbocycles. The van der Waals surface area contributed by atoms with Crippen LogP contribution in [0.15, 0.2) is 18.2 Å². The van der Waals surface area contributed by atoms with Gasteiger partial charge in [0, 0.05) is 36.2 Å². The zero-order valence-electron chi connectivity index (χ0n) is 11.2. The van der Waals surface area contributed by atoms with Crippen LogP contribution in [0.1, 0.15) is 29.3 Å². The number of rotatable bonds is 5. The van der Waals surface area contributed by atoms with Gasteiger partial charge in [0.1, 0.15) is 0 Å². The second-order valence-electron chi connectivity index (χ2n) is 4.55. The van der Waals surface area contributed by atoms with Crippen LogP contribution in [-0.4, -0.2) is 34.7 Å². The molecule has 0 fully saturated rings. The molecule has 6 heteroatoms. The summed E-state index contributed by atoms with van der Waals surface area (Å²) in [6.45, 7) is 4.02. The highest BCUT2D eigenvalue weighted by Gasteiger charge is 2.17. The summed E-state index contributed by atoms with van der Waals surface area (Å²) in [6, 6.07) is 4.51. The molecule has 0 radical (unpaired) electrons. The van der Waals surface area contributed by atoms with Crippen LogP contribution in [0.2, 0.25) is 0 Å². The lowest BCUT2D eigenvalue weighted by atomic mass is 10.1. The number of carbonyl (C=O) groups is 1. The Labute approximate surface area is 117 Å². The van der Waals surface area contributed by atoms with E-state index in [1.165, 1.54) is 11.0 Å². The Kier molecular flexibility index (Phi) is 5.30. The highest BCUT2D eigenvalue weighted by molar-refractivity contribution is 6.20. The Morgan fingerprint density at radius 1 is 1.53 bits per heavy atom. The maximum atomic E-state index is 12.1. The fraction of sp³-hybridized carbons (Fsp3) is 0.462. The molecule has 0 aliphatic carbocycles.